The fraction of sp³-hybridized carbons (Fsp3) is 0.735. The highest BCUT2D eigenvalue weighted by molar-refractivity contribution is 5.84. The molecule has 204 valence electrons. The Balaban J connectivity index is 1.22. The minimum absolute atomic E-state index is 0.00371. The Kier molecular flexibility index (Phi) is 7.81. The fourth-order valence-corrected chi connectivity index (χ4v) is 9.57. The van der Waals surface area contributed by atoms with Gasteiger partial charge in [-0.05, 0) is 103 Å². The van der Waals surface area contributed by atoms with Crippen LogP contribution in [0, 0.1) is 46.3 Å². The maximum atomic E-state index is 12.5. The molecule has 3 heteroatoms. The lowest BCUT2D eigenvalue weighted by Gasteiger charge is -2.58. The standard InChI is InChI=1S/C34H51NO2/c1-23(2)10-9-11-24(3)29-16-17-30-28-15-14-25-22-27(37-32(36)35-26-12-7-6-8-13-26)18-20-33(25,4)31(28)19-21-34(29,30)5/h6-8,12-14,23-24,27-31H,9-11,15-22H2,1-5H3,(H,35,36)/t24-,27+,28+,29-,30+,31+,33+,34-/m0/s1. The molecule has 1 aromatic carbocycles. The SMILES string of the molecule is CC(C)CCC[C@H](C)[C@@H]1CC[C@@H]2[C@H]3CC=C4C[C@H](OC(=O)Nc5ccccc5)CC[C@@]4(C)[C@@H]3CC[C@]21C. The second-order valence-corrected chi connectivity index (χ2v) is 14.1. The number of hydrogen-bond acceptors (Lipinski definition) is 2. The molecule has 0 saturated heterocycles. The van der Waals surface area contributed by atoms with Gasteiger partial charge in [0.1, 0.15) is 6.10 Å². The molecule has 0 spiro atoms. The minimum Gasteiger partial charge on any atom is -0.446 e. The summed E-state index contributed by atoms with van der Waals surface area (Å²) in [4.78, 5) is 12.5. The highest BCUT2D eigenvalue weighted by Crippen LogP contribution is 2.67. The van der Waals surface area contributed by atoms with Crippen molar-refractivity contribution >= 4 is 11.8 Å². The van der Waals surface area contributed by atoms with Crippen molar-refractivity contribution < 1.29 is 9.53 Å². The maximum Gasteiger partial charge on any atom is 0.411 e. The van der Waals surface area contributed by atoms with Crippen molar-refractivity contribution in [3.8, 4) is 0 Å². The number of anilines is 1. The predicted octanol–water partition coefficient (Wildman–Crippen LogP) is 9.65. The molecule has 4 aliphatic carbocycles. The molecule has 1 amide bonds. The van der Waals surface area contributed by atoms with Gasteiger partial charge in [0.2, 0.25) is 0 Å². The Morgan fingerprint density at radius 3 is 2.54 bits per heavy atom. The minimum atomic E-state index is -0.318. The summed E-state index contributed by atoms with van der Waals surface area (Å²) in [7, 11) is 0. The van der Waals surface area contributed by atoms with Crippen molar-refractivity contribution in [3.05, 3.63) is 42.0 Å². The number of ether oxygens (including phenoxy) is 1. The molecule has 0 aliphatic heterocycles. The third-order valence-corrected chi connectivity index (χ3v) is 11.6. The number of rotatable bonds is 7. The van der Waals surface area contributed by atoms with E-state index < -0.39 is 0 Å². The van der Waals surface area contributed by atoms with Gasteiger partial charge >= 0.3 is 6.09 Å². The number of fused-ring (bicyclic) bond motifs is 5. The third-order valence-electron chi connectivity index (χ3n) is 11.6. The Labute approximate surface area is 226 Å². The van der Waals surface area contributed by atoms with Gasteiger partial charge in [0.05, 0.1) is 0 Å². The van der Waals surface area contributed by atoms with Crippen LogP contribution in [0.15, 0.2) is 42.0 Å². The predicted molar refractivity (Wildman–Crippen MR) is 153 cm³/mol. The van der Waals surface area contributed by atoms with E-state index in [1.54, 1.807) is 5.57 Å². The van der Waals surface area contributed by atoms with Crippen molar-refractivity contribution in [2.24, 2.45) is 46.3 Å². The molecular weight excluding hydrogens is 454 g/mol. The molecule has 8 atom stereocenters. The number of para-hydroxylation sites is 1. The average molecular weight is 506 g/mol. The van der Waals surface area contributed by atoms with E-state index in [4.69, 9.17) is 4.74 Å². The van der Waals surface area contributed by atoms with Gasteiger partial charge in [-0.1, -0.05) is 83.7 Å². The van der Waals surface area contributed by atoms with Crippen LogP contribution in [0.2, 0.25) is 0 Å². The van der Waals surface area contributed by atoms with Crippen LogP contribution in [0.25, 0.3) is 0 Å². The van der Waals surface area contributed by atoms with Crippen molar-refractivity contribution in [2.45, 2.75) is 111 Å². The van der Waals surface area contributed by atoms with Gasteiger partial charge in [-0.2, -0.15) is 0 Å². The number of allylic oxidation sites excluding steroid dienone is 1. The van der Waals surface area contributed by atoms with Gasteiger partial charge in [-0.3, -0.25) is 5.32 Å². The summed E-state index contributed by atoms with van der Waals surface area (Å²) in [6, 6.07) is 9.62. The second kappa shape index (κ2) is 10.8. The summed E-state index contributed by atoms with van der Waals surface area (Å²) in [5.74, 6) is 5.15. The molecule has 4 aliphatic rings. The van der Waals surface area contributed by atoms with E-state index in [2.05, 4.69) is 46.0 Å². The highest BCUT2D eigenvalue weighted by Gasteiger charge is 2.59. The van der Waals surface area contributed by atoms with E-state index in [0.717, 1.165) is 60.5 Å². The molecule has 37 heavy (non-hydrogen) atoms. The Morgan fingerprint density at radius 2 is 1.78 bits per heavy atom. The molecule has 0 bridgehead atoms. The highest BCUT2D eigenvalue weighted by atomic mass is 16.6. The first kappa shape index (κ1) is 26.8. The van der Waals surface area contributed by atoms with Crippen LogP contribution >= 0.6 is 0 Å². The van der Waals surface area contributed by atoms with Crippen molar-refractivity contribution in [3.63, 3.8) is 0 Å². The van der Waals surface area contributed by atoms with Gasteiger partial charge in [0.25, 0.3) is 0 Å². The smallest absolute Gasteiger partial charge is 0.411 e. The zero-order valence-electron chi connectivity index (χ0n) is 24.1. The molecule has 3 fully saturated rings. The van der Waals surface area contributed by atoms with Gasteiger partial charge in [-0.25, -0.2) is 4.79 Å². The Hall–Kier alpha value is -1.77. The normalized spacial score (nSPS) is 37.7. The Morgan fingerprint density at radius 1 is 1.00 bits per heavy atom. The van der Waals surface area contributed by atoms with E-state index in [-0.39, 0.29) is 12.2 Å². The average Bonchev–Trinajstić information content (AvgIpc) is 3.22. The van der Waals surface area contributed by atoms with Gasteiger partial charge in [0, 0.05) is 12.1 Å². The molecule has 1 aromatic rings. The van der Waals surface area contributed by atoms with Crippen molar-refractivity contribution in [1.29, 1.82) is 0 Å². The monoisotopic (exact) mass is 505 g/mol. The first-order valence-electron chi connectivity index (χ1n) is 15.4. The number of carbonyl (C=O) groups is 1. The summed E-state index contributed by atoms with van der Waals surface area (Å²) >= 11 is 0. The first-order chi connectivity index (χ1) is 17.7. The summed E-state index contributed by atoms with van der Waals surface area (Å²) in [6.07, 6.45) is 16.5. The lowest BCUT2D eigenvalue weighted by atomic mass is 9.47. The van der Waals surface area contributed by atoms with Gasteiger partial charge in [0.15, 0.2) is 0 Å². The summed E-state index contributed by atoms with van der Waals surface area (Å²) in [6.45, 7) is 12.5. The van der Waals surface area contributed by atoms with E-state index >= 15 is 0 Å². The lowest BCUT2D eigenvalue weighted by Crippen LogP contribution is -2.51. The van der Waals surface area contributed by atoms with E-state index in [0.29, 0.717) is 10.8 Å². The van der Waals surface area contributed by atoms with Crippen LogP contribution in [-0.4, -0.2) is 12.2 Å². The molecule has 0 heterocycles. The summed E-state index contributed by atoms with van der Waals surface area (Å²) in [5, 5.41) is 2.90. The second-order valence-electron chi connectivity index (χ2n) is 14.1. The molecule has 0 radical (unpaired) electrons. The number of carbonyl (C=O) groups excluding carboxylic acids is 1. The van der Waals surface area contributed by atoms with Crippen LogP contribution in [-0.2, 0) is 4.74 Å². The third kappa shape index (κ3) is 5.26. The Bertz CT molecular complexity index is 969. The van der Waals surface area contributed by atoms with Crippen molar-refractivity contribution in [1.82, 2.24) is 0 Å². The van der Waals surface area contributed by atoms with Crippen molar-refractivity contribution in [2.75, 3.05) is 5.32 Å². The molecular formula is C34H51NO2. The van der Waals surface area contributed by atoms with Gasteiger partial charge in [-0.15, -0.1) is 0 Å². The molecule has 3 saturated carbocycles. The van der Waals surface area contributed by atoms with Gasteiger partial charge < -0.3 is 4.74 Å². The summed E-state index contributed by atoms with van der Waals surface area (Å²) in [5.41, 5.74) is 3.21. The summed E-state index contributed by atoms with van der Waals surface area (Å²) < 4.78 is 5.91. The number of hydrogen-bond donors (Lipinski definition) is 1. The number of nitrogens with one attached hydrogen (secondary N) is 1. The topological polar surface area (TPSA) is 38.3 Å². The molecule has 5 rings (SSSR count). The zero-order chi connectivity index (χ0) is 26.2. The molecule has 3 nitrogen and oxygen atoms in total. The fourth-order valence-electron chi connectivity index (χ4n) is 9.57. The number of benzene rings is 1. The maximum absolute atomic E-state index is 12.5. The zero-order valence-corrected chi connectivity index (χ0v) is 24.1. The molecule has 0 unspecified atom stereocenters. The van der Waals surface area contributed by atoms with E-state index in [1.165, 1.54) is 51.4 Å². The van der Waals surface area contributed by atoms with Crippen LogP contribution in [0.5, 0.6) is 0 Å². The molecule has 1 N–H and O–H groups in total. The largest absolute Gasteiger partial charge is 0.446 e. The lowest BCUT2D eigenvalue weighted by molar-refractivity contribution is -0.0577. The van der Waals surface area contributed by atoms with E-state index in [9.17, 15) is 4.79 Å². The first-order valence-corrected chi connectivity index (χ1v) is 15.4. The number of amides is 1. The van der Waals surface area contributed by atoms with E-state index in [1.807, 2.05) is 30.3 Å². The van der Waals surface area contributed by atoms with Crippen LogP contribution < -0.4 is 5.32 Å². The van der Waals surface area contributed by atoms with Crippen LogP contribution in [0.1, 0.15) is 105 Å². The quantitative estimate of drug-likeness (QED) is 0.375. The molecule has 0 aromatic heterocycles. The van der Waals surface area contributed by atoms with Crippen LogP contribution in [0.3, 0.4) is 0 Å². The van der Waals surface area contributed by atoms with Crippen LogP contribution in [0.4, 0.5) is 10.5 Å².